The van der Waals surface area contributed by atoms with Gasteiger partial charge in [0.25, 0.3) is 5.91 Å². The molecule has 3 rings (SSSR count). The van der Waals surface area contributed by atoms with E-state index in [1.54, 1.807) is 11.8 Å². The highest BCUT2D eigenvalue weighted by atomic mass is 16.5. The van der Waals surface area contributed by atoms with Crippen LogP contribution in [0.15, 0.2) is 10.7 Å². The van der Waals surface area contributed by atoms with Gasteiger partial charge >= 0.3 is 12.0 Å². The van der Waals surface area contributed by atoms with Crippen molar-refractivity contribution in [1.29, 1.82) is 0 Å². The summed E-state index contributed by atoms with van der Waals surface area (Å²) in [6.07, 6.45) is 5.07. The third-order valence-corrected chi connectivity index (χ3v) is 3.94. The molecule has 1 aromatic heterocycles. The minimum atomic E-state index is -0.484. The van der Waals surface area contributed by atoms with E-state index in [1.165, 1.54) is 6.26 Å². The molecule has 0 spiro atoms. The average molecular weight is 350 g/mol. The summed E-state index contributed by atoms with van der Waals surface area (Å²) in [7, 11) is 0. The lowest BCUT2D eigenvalue weighted by molar-refractivity contribution is -0.141. The second kappa shape index (κ2) is 7.54. The lowest BCUT2D eigenvalue weighted by Crippen LogP contribution is -2.43. The van der Waals surface area contributed by atoms with Crippen molar-refractivity contribution in [1.82, 2.24) is 20.5 Å². The van der Waals surface area contributed by atoms with Gasteiger partial charge in [-0.2, -0.15) is 0 Å². The van der Waals surface area contributed by atoms with E-state index in [0.29, 0.717) is 5.89 Å². The number of amides is 3. The lowest BCUT2D eigenvalue weighted by atomic mass is 10.4. The smallest absolute Gasteiger partial charge is 0.325 e. The van der Waals surface area contributed by atoms with E-state index in [4.69, 9.17) is 9.15 Å². The molecule has 9 nitrogen and oxygen atoms in total. The summed E-state index contributed by atoms with van der Waals surface area (Å²) in [5.74, 6) is -0.455. The van der Waals surface area contributed by atoms with Crippen LogP contribution in [0.5, 0.6) is 0 Å². The molecule has 0 unspecified atom stereocenters. The monoisotopic (exact) mass is 350 g/mol. The van der Waals surface area contributed by atoms with Crippen molar-refractivity contribution in [2.24, 2.45) is 0 Å². The van der Waals surface area contributed by atoms with Crippen molar-refractivity contribution in [2.45, 2.75) is 51.2 Å². The van der Waals surface area contributed by atoms with Gasteiger partial charge in [0, 0.05) is 12.1 Å². The van der Waals surface area contributed by atoms with E-state index in [0.717, 1.165) is 25.7 Å². The van der Waals surface area contributed by atoms with E-state index >= 15 is 0 Å². The summed E-state index contributed by atoms with van der Waals surface area (Å²) in [6.45, 7) is 1.94. The fraction of sp³-hybridized carbons (Fsp3) is 0.625. The second-order valence-corrected chi connectivity index (χ2v) is 6.20. The van der Waals surface area contributed by atoms with E-state index in [-0.39, 0.29) is 49.4 Å². The molecule has 1 heterocycles. The van der Waals surface area contributed by atoms with Gasteiger partial charge in [0.15, 0.2) is 5.69 Å². The van der Waals surface area contributed by atoms with Crippen molar-refractivity contribution >= 4 is 17.9 Å². The van der Waals surface area contributed by atoms with Gasteiger partial charge in [-0.05, 0) is 32.6 Å². The first-order valence-electron chi connectivity index (χ1n) is 8.52. The molecule has 2 saturated carbocycles. The maximum Gasteiger partial charge on any atom is 0.325 e. The molecule has 0 bridgehead atoms. The Morgan fingerprint density at radius 2 is 2.08 bits per heavy atom. The van der Waals surface area contributed by atoms with E-state index in [2.05, 4.69) is 15.6 Å². The van der Waals surface area contributed by atoms with Crippen LogP contribution in [0.2, 0.25) is 0 Å². The van der Waals surface area contributed by atoms with Gasteiger partial charge in [0.2, 0.25) is 5.89 Å². The minimum absolute atomic E-state index is 0.0952. The molecule has 9 heteroatoms. The highest BCUT2D eigenvalue weighted by Gasteiger charge is 2.34. The zero-order chi connectivity index (χ0) is 17.8. The Kier molecular flexibility index (Phi) is 5.20. The molecule has 2 N–H and O–H groups in total. The molecule has 0 saturated heterocycles. The Labute approximate surface area is 145 Å². The van der Waals surface area contributed by atoms with E-state index in [1.807, 2.05) is 0 Å². The molecule has 25 heavy (non-hydrogen) atoms. The van der Waals surface area contributed by atoms with Gasteiger partial charge in [-0.25, -0.2) is 9.78 Å². The zero-order valence-electron chi connectivity index (χ0n) is 14.1. The number of aromatic nitrogens is 1. The summed E-state index contributed by atoms with van der Waals surface area (Å²) in [5, 5.41) is 5.37. The lowest BCUT2D eigenvalue weighted by Gasteiger charge is -2.20. The molecule has 2 fully saturated rings. The Balaban J connectivity index is 1.54. The van der Waals surface area contributed by atoms with E-state index in [9.17, 15) is 14.4 Å². The zero-order valence-corrected chi connectivity index (χ0v) is 14.1. The van der Waals surface area contributed by atoms with Gasteiger partial charge < -0.3 is 24.7 Å². The molecule has 3 amide bonds. The Hall–Kier alpha value is -2.58. The molecular formula is C16H22N4O5. The van der Waals surface area contributed by atoms with Crippen molar-refractivity contribution in [3.05, 3.63) is 17.8 Å². The Morgan fingerprint density at radius 3 is 2.72 bits per heavy atom. The van der Waals surface area contributed by atoms with Crippen molar-refractivity contribution in [3.63, 3.8) is 0 Å². The highest BCUT2D eigenvalue weighted by molar-refractivity contribution is 5.92. The Bertz CT molecular complexity index is 651. The molecule has 0 aliphatic heterocycles. The maximum absolute atomic E-state index is 12.3. The quantitative estimate of drug-likeness (QED) is 0.671. The van der Waals surface area contributed by atoms with Crippen LogP contribution in [0.25, 0.3) is 0 Å². The van der Waals surface area contributed by atoms with Crippen LogP contribution in [0.1, 0.15) is 49.0 Å². The predicted octanol–water partition coefficient (Wildman–Crippen LogP) is 0.804. The number of nitrogens with zero attached hydrogens (tertiary/aromatic N) is 2. The summed E-state index contributed by atoms with van der Waals surface area (Å²) < 4.78 is 10.1. The molecule has 0 aromatic carbocycles. The first kappa shape index (κ1) is 17.2. The van der Waals surface area contributed by atoms with E-state index < -0.39 is 5.97 Å². The number of oxazole rings is 1. The number of hydrogen-bond donors (Lipinski definition) is 2. The van der Waals surface area contributed by atoms with Crippen LogP contribution in [0.3, 0.4) is 0 Å². The number of carbonyl (C=O) groups excluding carboxylic acids is 3. The number of hydrogen-bond acceptors (Lipinski definition) is 6. The summed E-state index contributed by atoms with van der Waals surface area (Å²) in [4.78, 5) is 41.3. The van der Waals surface area contributed by atoms with Crippen LogP contribution in [-0.4, -0.2) is 53.0 Å². The van der Waals surface area contributed by atoms with Gasteiger partial charge in [0.05, 0.1) is 13.2 Å². The molecule has 2 aliphatic carbocycles. The number of nitrogens with one attached hydrogen (secondary N) is 2. The van der Waals surface area contributed by atoms with Gasteiger partial charge in [-0.1, -0.05) is 0 Å². The minimum Gasteiger partial charge on any atom is -0.465 e. The topological polar surface area (TPSA) is 114 Å². The van der Waals surface area contributed by atoms with Gasteiger partial charge in [-0.15, -0.1) is 0 Å². The normalized spacial score (nSPS) is 16.2. The summed E-state index contributed by atoms with van der Waals surface area (Å²) >= 11 is 0. The van der Waals surface area contributed by atoms with Crippen molar-refractivity contribution < 1.29 is 23.5 Å². The molecular weight excluding hydrogens is 328 g/mol. The average Bonchev–Trinajstić information content (AvgIpc) is 3.51. The number of urea groups is 1. The van der Waals surface area contributed by atoms with Crippen LogP contribution in [0, 0.1) is 0 Å². The predicted molar refractivity (Wildman–Crippen MR) is 85.6 cm³/mol. The maximum atomic E-state index is 12.3. The molecule has 2 aliphatic rings. The molecule has 0 atom stereocenters. The molecule has 0 radical (unpaired) electrons. The standard InChI is InChI=1S/C16H22N4O5/c1-2-24-14(21)7-17-16(23)20(11-5-6-11)8-13-19-12(9-25-13)15(22)18-10-3-4-10/h9-11H,2-8H2,1H3,(H,17,23)(H,18,22). The van der Waals surface area contributed by atoms with Crippen LogP contribution in [-0.2, 0) is 16.1 Å². The van der Waals surface area contributed by atoms with Crippen LogP contribution >= 0.6 is 0 Å². The number of rotatable bonds is 8. The van der Waals surface area contributed by atoms with Gasteiger partial charge in [-0.3, -0.25) is 9.59 Å². The fourth-order valence-corrected chi connectivity index (χ4v) is 2.33. The summed E-state index contributed by atoms with van der Waals surface area (Å²) in [5.41, 5.74) is 0.213. The second-order valence-electron chi connectivity index (χ2n) is 6.20. The fourth-order valence-electron chi connectivity index (χ4n) is 2.33. The molecule has 136 valence electrons. The highest BCUT2D eigenvalue weighted by Crippen LogP contribution is 2.28. The van der Waals surface area contributed by atoms with Crippen molar-refractivity contribution in [2.75, 3.05) is 13.2 Å². The summed E-state index contributed by atoms with van der Waals surface area (Å²) in [6, 6.07) is -0.0418. The first-order valence-corrected chi connectivity index (χ1v) is 8.52. The number of carbonyl (C=O) groups is 3. The van der Waals surface area contributed by atoms with Crippen LogP contribution in [0.4, 0.5) is 4.79 Å². The Morgan fingerprint density at radius 1 is 1.32 bits per heavy atom. The number of esters is 1. The SMILES string of the molecule is CCOC(=O)CNC(=O)N(Cc1nc(C(=O)NC2CC2)co1)C1CC1. The molecule has 1 aromatic rings. The largest absolute Gasteiger partial charge is 0.465 e. The first-order chi connectivity index (χ1) is 12.1. The number of ether oxygens (including phenoxy) is 1. The van der Waals surface area contributed by atoms with Crippen molar-refractivity contribution in [3.8, 4) is 0 Å². The third-order valence-electron chi connectivity index (χ3n) is 3.94. The van der Waals surface area contributed by atoms with Gasteiger partial charge in [0.1, 0.15) is 12.8 Å². The van der Waals surface area contributed by atoms with Crippen LogP contribution < -0.4 is 10.6 Å². The third kappa shape index (κ3) is 4.94.